The van der Waals surface area contributed by atoms with Crippen molar-refractivity contribution in [2.24, 2.45) is 5.92 Å². The normalized spacial score (nSPS) is 10.4. The van der Waals surface area contributed by atoms with Gasteiger partial charge in [-0.2, -0.15) is 10.7 Å². The summed E-state index contributed by atoms with van der Waals surface area (Å²) in [6.07, 6.45) is 0. The molecule has 0 unspecified atom stereocenters. The van der Waals surface area contributed by atoms with Crippen LogP contribution in [0.15, 0.2) is 18.2 Å². The maximum absolute atomic E-state index is 12.9. The minimum atomic E-state index is -0.348. The quantitative estimate of drug-likeness (QED) is 0.614. The minimum Gasteiger partial charge on any atom is -0.301 e. The molecule has 3 nitrogen and oxygen atoms in total. The van der Waals surface area contributed by atoms with Crippen LogP contribution in [0.1, 0.15) is 25.0 Å². The van der Waals surface area contributed by atoms with E-state index in [9.17, 15) is 4.39 Å². The fourth-order valence-electron chi connectivity index (χ4n) is 1.17. The molecule has 0 spiro atoms. The average Bonchev–Trinajstić information content (AvgIpc) is 2.24. The molecule has 0 aromatic heterocycles. The maximum atomic E-state index is 12.9. The largest absolute Gasteiger partial charge is 0.301 e. The van der Waals surface area contributed by atoms with Gasteiger partial charge in [-0.1, -0.05) is 13.8 Å². The highest BCUT2D eigenvalue weighted by Gasteiger charge is 2.03. The molecule has 0 aliphatic carbocycles. The number of nitriles is 1. The van der Waals surface area contributed by atoms with Gasteiger partial charge >= 0.3 is 0 Å². The van der Waals surface area contributed by atoms with Gasteiger partial charge in [0, 0.05) is 6.54 Å². The van der Waals surface area contributed by atoms with Crippen molar-refractivity contribution >= 4 is 0 Å². The second-order valence-electron chi connectivity index (χ2n) is 3.94. The van der Waals surface area contributed by atoms with Gasteiger partial charge in [0.2, 0.25) is 0 Å². The van der Waals surface area contributed by atoms with Gasteiger partial charge in [0.1, 0.15) is 5.82 Å². The number of hydroxylamine groups is 1. The van der Waals surface area contributed by atoms with E-state index < -0.39 is 0 Å². The lowest BCUT2D eigenvalue weighted by Gasteiger charge is -2.08. The van der Waals surface area contributed by atoms with Crippen molar-refractivity contribution in [1.82, 2.24) is 5.48 Å². The summed E-state index contributed by atoms with van der Waals surface area (Å²) < 4.78 is 12.9. The van der Waals surface area contributed by atoms with Crippen LogP contribution in [0.4, 0.5) is 4.39 Å². The molecule has 4 heteroatoms. The minimum absolute atomic E-state index is 0.327. The SMILES string of the molecule is CC(C)CONCc1cc(F)ccc1C#N. The average molecular weight is 222 g/mol. The lowest BCUT2D eigenvalue weighted by Crippen LogP contribution is -2.18. The standard InChI is InChI=1S/C12H15FN2O/c1-9(2)8-16-15-7-11-5-12(13)4-3-10(11)6-14/h3-5,9,15H,7-8H2,1-2H3. The van der Waals surface area contributed by atoms with Crippen molar-refractivity contribution in [3.05, 3.63) is 35.1 Å². The van der Waals surface area contributed by atoms with Gasteiger partial charge in [-0.15, -0.1) is 0 Å². The van der Waals surface area contributed by atoms with Crippen LogP contribution in [-0.2, 0) is 11.4 Å². The second-order valence-corrected chi connectivity index (χ2v) is 3.94. The predicted molar refractivity (Wildman–Crippen MR) is 58.7 cm³/mol. The Bertz CT molecular complexity index is 385. The van der Waals surface area contributed by atoms with Gasteiger partial charge in [-0.3, -0.25) is 0 Å². The van der Waals surface area contributed by atoms with Crippen LogP contribution in [0.25, 0.3) is 0 Å². The Kier molecular flexibility index (Phi) is 4.90. The van der Waals surface area contributed by atoms with Gasteiger partial charge in [0.05, 0.1) is 18.2 Å². The van der Waals surface area contributed by atoms with Crippen LogP contribution < -0.4 is 5.48 Å². The Morgan fingerprint density at radius 1 is 1.50 bits per heavy atom. The topological polar surface area (TPSA) is 45.0 Å². The molecule has 0 radical (unpaired) electrons. The van der Waals surface area contributed by atoms with Gasteiger partial charge in [-0.25, -0.2) is 4.39 Å². The molecule has 0 fully saturated rings. The highest BCUT2D eigenvalue weighted by Crippen LogP contribution is 2.10. The summed E-state index contributed by atoms with van der Waals surface area (Å²) in [5.41, 5.74) is 3.78. The number of hydrogen-bond acceptors (Lipinski definition) is 3. The fraction of sp³-hybridized carbons (Fsp3) is 0.417. The first kappa shape index (κ1) is 12.6. The summed E-state index contributed by atoms with van der Waals surface area (Å²) in [5.74, 6) is 0.0788. The molecule has 0 saturated carbocycles. The van der Waals surface area contributed by atoms with E-state index >= 15 is 0 Å². The third kappa shape index (κ3) is 3.97. The Labute approximate surface area is 94.8 Å². The first-order chi connectivity index (χ1) is 7.63. The van der Waals surface area contributed by atoms with Crippen molar-refractivity contribution in [1.29, 1.82) is 5.26 Å². The van der Waals surface area contributed by atoms with Crippen molar-refractivity contribution in [2.75, 3.05) is 6.61 Å². The van der Waals surface area contributed by atoms with E-state index in [2.05, 4.69) is 5.48 Å². The summed E-state index contributed by atoms with van der Waals surface area (Å²) >= 11 is 0. The monoisotopic (exact) mass is 222 g/mol. The van der Waals surface area contributed by atoms with Crippen LogP contribution in [0.2, 0.25) is 0 Å². The highest BCUT2D eigenvalue weighted by molar-refractivity contribution is 5.37. The number of halogens is 1. The predicted octanol–water partition coefficient (Wildman–Crippen LogP) is 2.37. The maximum Gasteiger partial charge on any atom is 0.123 e. The molecule has 0 saturated heterocycles. The molecule has 0 heterocycles. The lowest BCUT2D eigenvalue weighted by atomic mass is 10.1. The summed E-state index contributed by atoms with van der Waals surface area (Å²) in [5, 5.41) is 8.81. The van der Waals surface area contributed by atoms with Gasteiger partial charge in [0.25, 0.3) is 0 Å². The fourth-order valence-corrected chi connectivity index (χ4v) is 1.17. The number of hydrogen-bond donors (Lipinski definition) is 1. The lowest BCUT2D eigenvalue weighted by molar-refractivity contribution is 0.0196. The van der Waals surface area contributed by atoms with E-state index in [0.717, 1.165) is 0 Å². The first-order valence-electron chi connectivity index (χ1n) is 5.16. The molecule has 0 atom stereocenters. The van der Waals surface area contributed by atoms with E-state index in [0.29, 0.717) is 30.2 Å². The Morgan fingerprint density at radius 3 is 2.88 bits per heavy atom. The van der Waals surface area contributed by atoms with Crippen LogP contribution in [-0.4, -0.2) is 6.61 Å². The molecule has 0 aliphatic heterocycles. The Morgan fingerprint density at radius 2 is 2.25 bits per heavy atom. The van der Waals surface area contributed by atoms with Crippen LogP contribution in [0, 0.1) is 23.1 Å². The van der Waals surface area contributed by atoms with E-state index in [4.69, 9.17) is 10.1 Å². The summed E-state index contributed by atoms with van der Waals surface area (Å²) in [6.45, 7) is 4.97. The van der Waals surface area contributed by atoms with Crippen molar-refractivity contribution < 1.29 is 9.23 Å². The zero-order chi connectivity index (χ0) is 12.0. The third-order valence-electron chi connectivity index (χ3n) is 1.97. The molecule has 1 N–H and O–H groups in total. The molecular formula is C12H15FN2O. The molecule has 1 aromatic carbocycles. The summed E-state index contributed by atoms with van der Waals surface area (Å²) in [6, 6.07) is 6.09. The van der Waals surface area contributed by atoms with Gasteiger partial charge in [-0.05, 0) is 29.7 Å². The zero-order valence-electron chi connectivity index (χ0n) is 9.46. The van der Waals surface area contributed by atoms with E-state index in [1.165, 1.54) is 18.2 Å². The summed E-state index contributed by atoms with van der Waals surface area (Å²) in [4.78, 5) is 5.16. The van der Waals surface area contributed by atoms with Gasteiger partial charge in [0.15, 0.2) is 0 Å². The van der Waals surface area contributed by atoms with E-state index in [-0.39, 0.29) is 5.82 Å². The Hall–Kier alpha value is -1.44. The summed E-state index contributed by atoms with van der Waals surface area (Å²) in [7, 11) is 0. The smallest absolute Gasteiger partial charge is 0.123 e. The number of rotatable bonds is 5. The zero-order valence-corrected chi connectivity index (χ0v) is 9.46. The van der Waals surface area contributed by atoms with Crippen LogP contribution >= 0.6 is 0 Å². The van der Waals surface area contributed by atoms with Gasteiger partial charge < -0.3 is 4.84 Å². The number of nitrogens with zero attached hydrogens (tertiary/aromatic N) is 1. The molecular weight excluding hydrogens is 207 g/mol. The molecule has 0 aliphatic rings. The molecule has 0 amide bonds. The first-order valence-corrected chi connectivity index (χ1v) is 5.16. The second kappa shape index (κ2) is 6.21. The third-order valence-corrected chi connectivity index (χ3v) is 1.97. The van der Waals surface area contributed by atoms with E-state index in [1.807, 2.05) is 19.9 Å². The highest BCUT2D eigenvalue weighted by atomic mass is 19.1. The van der Waals surface area contributed by atoms with Crippen LogP contribution in [0.5, 0.6) is 0 Å². The number of benzene rings is 1. The number of nitrogens with one attached hydrogen (secondary N) is 1. The Balaban J connectivity index is 2.53. The molecule has 16 heavy (non-hydrogen) atoms. The molecule has 86 valence electrons. The molecule has 1 rings (SSSR count). The van der Waals surface area contributed by atoms with Crippen molar-refractivity contribution in [2.45, 2.75) is 20.4 Å². The van der Waals surface area contributed by atoms with Crippen molar-refractivity contribution in [3.63, 3.8) is 0 Å². The van der Waals surface area contributed by atoms with Crippen molar-refractivity contribution in [3.8, 4) is 6.07 Å². The molecule has 1 aromatic rings. The van der Waals surface area contributed by atoms with Crippen LogP contribution in [0.3, 0.4) is 0 Å². The molecule has 0 bridgehead atoms. The van der Waals surface area contributed by atoms with E-state index in [1.54, 1.807) is 0 Å².